The van der Waals surface area contributed by atoms with Crippen molar-refractivity contribution in [2.75, 3.05) is 26.8 Å². The Morgan fingerprint density at radius 1 is 1.24 bits per heavy atom. The standard InChI is InChI=1S/C19H25N3O3/c1-19(14-25-17-6-4-3-5-16(17)24-2)7-11-22(12-8-19)13-15-18(23)21-10-9-20-15/h3-6,9-10H,7-8,11-14H2,1-2H3,(H,21,23). The zero-order chi connectivity index (χ0) is 17.7. The highest BCUT2D eigenvalue weighted by Gasteiger charge is 2.31. The first kappa shape index (κ1) is 17.5. The van der Waals surface area contributed by atoms with E-state index >= 15 is 0 Å². The van der Waals surface area contributed by atoms with Crippen LogP contribution in [0.4, 0.5) is 0 Å². The van der Waals surface area contributed by atoms with Crippen molar-refractivity contribution in [3.63, 3.8) is 0 Å². The molecular weight excluding hydrogens is 318 g/mol. The number of hydrogen-bond acceptors (Lipinski definition) is 5. The summed E-state index contributed by atoms with van der Waals surface area (Å²) in [5, 5.41) is 0. The number of nitrogens with one attached hydrogen (secondary N) is 1. The molecule has 1 saturated heterocycles. The minimum atomic E-state index is -0.102. The number of nitrogens with zero attached hydrogens (tertiary/aromatic N) is 2. The Balaban J connectivity index is 1.54. The van der Waals surface area contributed by atoms with Gasteiger partial charge in [-0.25, -0.2) is 0 Å². The van der Waals surface area contributed by atoms with Gasteiger partial charge in [0.25, 0.3) is 5.56 Å². The number of aromatic amines is 1. The van der Waals surface area contributed by atoms with Crippen molar-refractivity contribution in [2.24, 2.45) is 5.41 Å². The van der Waals surface area contributed by atoms with E-state index in [1.165, 1.54) is 0 Å². The van der Waals surface area contributed by atoms with E-state index in [9.17, 15) is 4.79 Å². The molecule has 1 aromatic heterocycles. The number of H-pyrrole nitrogens is 1. The first-order valence-corrected chi connectivity index (χ1v) is 8.60. The molecule has 3 rings (SSSR count). The molecule has 0 aliphatic carbocycles. The van der Waals surface area contributed by atoms with Gasteiger partial charge in [-0.05, 0) is 38.1 Å². The molecule has 0 radical (unpaired) electrons. The molecule has 1 fully saturated rings. The second-order valence-electron chi connectivity index (χ2n) is 6.89. The van der Waals surface area contributed by atoms with Crippen LogP contribution in [-0.4, -0.2) is 41.7 Å². The normalized spacial score (nSPS) is 17.2. The van der Waals surface area contributed by atoms with E-state index in [1.807, 2.05) is 24.3 Å². The van der Waals surface area contributed by atoms with Crippen molar-refractivity contribution in [1.82, 2.24) is 14.9 Å². The fourth-order valence-electron chi connectivity index (χ4n) is 3.09. The average molecular weight is 343 g/mol. The third-order valence-electron chi connectivity index (χ3n) is 4.86. The lowest BCUT2D eigenvalue weighted by Gasteiger charge is -2.39. The van der Waals surface area contributed by atoms with Crippen molar-refractivity contribution in [1.29, 1.82) is 0 Å². The zero-order valence-electron chi connectivity index (χ0n) is 14.8. The van der Waals surface area contributed by atoms with Crippen LogP contribution >= 0.6 is 0 Å². The fraction of sp³-hybridized carbons (Fsp3) is 0.474. The minimum Gasteiger partial charge on any atom is -0.493 e. The molecule has 6 heteroatoms. The predicted octanol–water partition coefficient (Wildman–Crippen LogP) is 2.46. The van der Waals surface area contributed by atoms with Gasteiger partial charge in [0.15, 0.2) is 11.5 Å². The summed E-state index contributed by atoms with van der Waals surface area (Å²) in [4.78, 5) is 20.9. The molecule has 0 spiro atoms. The summed E-state index contributed by atoms with van der Waals surface area (Å²) in [6, 6.07) is 7.73. The number of ether oxygens (including phenoxy) is 2. The number of aromatic nitrogens is 2. The number of methoxy groups -OCH3 is 1. The van der Waals surface area contributed by atoms with Gasteiger partial charge in [-0.2, -0.15) is 0 Å². The summed E-state index contributed by atoms with van der Waals surface area (Å²) < 4.78 is 11.4. The predicted molar refractivity (Wildman–Crippen MR) is 96.0 cm³/mol. The monoisotopic (exact) mass is 343 g/mol. The highest BCUT2D eigenvalue weighted by atomic mass is 16.5. The van der Waals surface area contributed by atoms with E-state index in [1.54, 1.807) is 19.5 Å². The smallest absolute Gasteiger partial charge is 0.270 e. The van der Waals surface area contributed by atoms with Gasteiger partial charge in [0.05, 0.1) is 13.7 Å². The third kappa shape index (κ3) is 4.39. The highest BCUT2D eigenvalue weighted by Crippen LogP contribution is 2.34. The van der Waals surface area contributed by atoms with E-state index < -0.39 is 0 Å². The van der Waals surface area contributed by atoms with Gasteiger partial charge < -0.3 is 14.5 Å². The first-order valence-electron chi connectivity index (χ1n) is 8.60. The molecule has 0 amide bonds. The van der Waals surface area contributed by atoms with Crippen LogP contribution in [0, 0.1) is 5.41 Å². The van der Waals surface area contributed by atoms with Gasteiger partial charge in [-0.15, -0.1) is 0 Å². The fourth-order valence-corrected chi connectivity index (χ4v) is 3.09. The lowest BCUT2D eigenvalue weighted by atomic mass is 9.81. The van der Waals surface area contributed by atoms with Crippen LogP contribution in [0.3, 0.4) is 0 Å². The van der Waals surface area contributed by atoms with Gasteiger partial charge in [0, 0.05) is 24.4 Å². The van der Waals surface area contributed by atoms with Crippen molar-refractivity contribution < 1.29 is 9.47 Å². The zero-order valence-corrected chi connectivity index (χ0v) is 14.8. The SMILES string of the molecule is COc1ccccc1OCC1(C)CCN(Cc2ncc[nH]c2=O)CC1. The van der Waals surface area contributed by atoms with Gasteiger partial charge in [-0.1, -0.05) is 19.1 Å². The lowest BCUT2D eigenvalue weighted by molar-refractivity contribution is 0.0638. The summed E-state index contributed by atoms with van der Waals surface area (Å²) in [6.45, 7) is 5.38. The van der Waals surface area contributed by atoms with E-state index in [4.69, 9.17) is 9.47 Å². The third-order valence-corrected chi connectivity index (χ3v) is 4.86. The first-order chi connectivity index (χ1) is 12.1. The Morgan fingerprint density at radius 2 is 1.96 bits per heavy atom. The highest BCUT2D eigenvalue weighted by molar-refractivity contribution is 5.39. The van der Waals surface area contributed by atoms with E-state index in [2.05, 4.69) is 21.8 Å². The average Bonchev–Trinajstić information content (AvgIpc) is 2.64. The molecule has 6 nitrogen and oxygen atoms in total. The molecule has 1 aliphatic heterocycles. The number of likely N-dealkylation sites (tertiary alicyclic amines) is 1. The van der Waals surface area contributed by atoms with Crippen molar-refractivity contribution in [3.05, 3.63) is 52.7 Å². The van der Waals surface area contributed by atoms with Crippen LogP contribution in [0.25, 0.3) is 0 Å². The minimum absolute atomic E-state index is 0.102. The summed E-state index contributed by atoms with van der Waals surface area (Å²) in [7, 11) is 1.65. The summed E-state index contributed by atoms with van der Waals surface area (Å²) >= 11 is 0. The molecule has 0 bridgehead atoms. The van der Waals surface area contributed by atoms with E-state index in [-0.39, 0.29) is 11.0 Å². The Hall–Kier alpha value is -2.34. The van der Waals surface area contributed by atoms with Crippen LogP contribution in [0.15, 0.2) is 41.5 Å². The second kappa shape index (κ2) is 7.70. The van der Waals surface area contributed by atoms with Crippen LogP contribution in [0.2, 0.25) is 0 Å². The number of piperidine rings is 1. The van der Waals surface area contributed by atoms with Crippen molar-refractivity contribution in [3.8, 4) is 11.5 Å². The van der Waals surface area contributed by atoms with Crippen LogP contribution in [0.1, 0.15) is 25.5 Å². The quantitative estimate of drug-likeness (QED) is 0.873. The Labute approximate surface area is 147 Å². The van der Waals surface area contributed by atoms with Crippen LogP contribution < -0.4 is 15.0 Å². The molecular formula is C19H25N3O3. The van der Waals surface area contributed by atoms with Crippen LogP contribution in [-0.2, 0) is 6.54 Å². The second-order valence-corrected chi connectivity index (χ2v) is 6.89. The maximum absolute atomic E-state index is 11.8. The Morgan fingerprint density at radius 3 is 2.64 bits per heavy atom. The maximum atomic E-state index is 11.8. The van der Waals surface area contributed by atoms with Gasteiger partial charge in [-0.3, -0.25) is 14.7 Å². The van der Waals surface area contributed by atoms with Crippen molar-refractivity contribution in [2.45, 2.75) is 26.3 Å². The Bertz CT molecular complexity index is 751. The number of hydrogen-bond donors (Lipinski definition) is 1. The molecule has 2 heterocycles. The number of para-hydroxylation sites is 2. The molecule has 0 saturated carbocycles. The van der Waals surface area contributed by atoms with Gasteiger partial charge in [0.2, 0.25) is 0 Å². The van der Waals surface area contributed by atoms with E-state index in [0.29, 0.717) is 18.8 Å². The summed E-state index contributed by atoms with van der Waals surface area (Å²) in [5.74, 6) is 1.55. The lowest BCUT2D eigenvalue weighted by Crippen LogP contribution is -2.42. The van der Waals surface area contributed by atoms with Gasteiger partial charge in [0.1, 0.15) is 5.69 Å². The Kier molecular flexibility index (Phi) is 5.38. The molecule has 25 heavy (non-hydrogen) atoms. The maximum Gasteiger partial charge on any atom is 0.270 e. The topological polar surface area (TPSA) is 67.5 Å². The number of rotatable bonds is 6. The molecule has 1 aromatic carbocycles. The number of benzene rings is 1. The van der Waals surface area contributed by atoms with E-state index in [0.717, 1.165) is 37.4 Å². The van der Waals surface area contributed by atoms with Crippen molar-refractivity contribution >= 4 is 0 Å². The summed E-state index contributed by atoms with van der Waals surface area (Å²) in [5.41, 5.74) is 0.597. The van der Waals surface area contributed by atoms with Gasteiger partial charge >= 0.3 is 0 Å². The molecule has 1 N–H and O–H groups in total. The largest absolute Gasteiger partial charge is 0.493 e. The van der Waals surface area contributed by atoms with Crippen LogP contribution in [0.5, 0.6) is 11.5 Å². The molecule has 0 unspecified atom stereocenters. The molecule has 2 aromatic rings. The summed E-state index contributed by atoms with van der Waals surface area (Å²) in [6.07, 6.45) is 5.24. The molecule has 0 atom stereocenters. The molecule has 134 valence electrons. The molecule has 1 aliphatic rings.